The number of nitrogens with one attached hydrogen (secondary N) is 2. The molecule has 2 amide bonds. The van der Waals surface area contributed by atoms with Crippen molar-refractivity contribution in [2.75, 3.05) is 11.9 Å². The molecule has 1 heterocycles. The number of rotatable bonds is 5. The number of carbonyl (C=O) groups excluding carboxylic acids is 1. The fourth-order valence-electron chi connectivity index (χ4n) is 1.63. The summed E-state index contributed by atoms with van der Waals surface area (Å²) in [6.45, 7) is 0.364. The molecule has 0 spiro atoms. The van der Waals surface area contributed by atoms with Crippen LogP contribution in [0.1, 0.15) is 15.4 Å². The molecular weight excluding hydrogens is 297 g/mol. The molecule has 2 aromatic rings. The molecule has 0 saturated heterocycles. The summed E-state index contributed by atoms with van der Waals surface area (Å²) in [7, 11) is 0. The molecule has 8 heteroatoms. The monoisotopic (exact) mass is 309 g/mol. The molecule has 110 valence electrons. The van der Waals surface area contributed by atoms with Crippen LogP contribution in [0.4, 0.5) is 14.9 Å². The number of hydrogen-bond acceptors (Lipinski definition) is 4. The quantitative estimate of drug-likeness (QED) is 0.790. The zero-order valence-corrected chi connectivity index (χ0v) is 11.6. The van der Waals surface area contributed by atoms with Gasteiger partial charge in [0.05, 0.1) is 16.3 Å². The number of benzene rings is 1. The van der Waals surface area contributed by atoms with Crippen LogP contribution in [0, 0.1) is 5.82 Å². The van der Waals surface area contributed by atoms with Gasteiger partial charge in [-0.25, -0.2) is 19.0 Å². The van der Waals surface area contributed by atoms with Gasteiger partial charge in [0.2, 0.25) is 0 Å². The van der Waals surface area contributed by atoms with E-state index in [2.05, 4.69) is 15.6 Å². The highest BCUT2D eigenvalue weighted by Crippen LogP contribution is 2.17. The molecule has 2 rings (SSSR count). The van der Waals surface area contributed by atoms with Crippen LogP contribution < -0.4 is 10.6 Å². The number of urea groups is 1. The summed E-state index contributed by atoms with van der Waals surface area (Å²) in [5.74, 6) is -1.99. The van der Waals surface area contributed by atoms with Crippen LogP contribution in [0.2, 0.25) is 0 Å². The summed E-state index contributed by atoms with van der Waals surface area (Å²) in [6, 6.07) is 2.59. The second-order valence-corrected chi connectivity index (χ2v) is 5.03. The van der Waals surface area contributed by atoms with Crippen molar-refractivity contribution >= 4 is 29.0 Å². The van der Waals surface area contributed by atoms with Gasteiger partial charge in [-0.05, 0) is 18.2 Å². The number of aromatic carboxylic acids is 1. The van der Waals surface area contributed by atoms with Gasteiger partial charge in [-0.1, -0.05) is 0 Å². The van der Waals surface area contributed by atoms with Crippen molar-refractivity contribution in [3.05, 3.63) is 46.2 Å². The number of anilines is 1. The number of nitrogens with zero attached hydrogens (tertiary/aromatic N) is 1. The number of hydrogen-bond donors (Lipinski definition) is 3. The molecule has 0 aliphatic carbocycles. The summed E-state index contributed by atoms with van der Waals surface area (Å²) in [6.07, 6.45) is 2.26. The lowest BCUT2D eigenvalue weighted by Gasteiger charge is -2.09. The predicted molar refractivity (Wildman–Crippen MR) is 76.2 cm³/mol. The number of halogens is 1. The first kappa shape index (κ1) is 14.9. The minimum absolute atomic E-state index is 0.0376. The maximum atomic E-state index is 13.0. The van der Waals surface area contributed by atoms with Crippen molar-refractivity contribution in [1.29, 1.82) is 0 Å². The van der Waals surface area contributed by atoms with Crippen molar-refractivity contribution in [3.8, 4) is 0 Å². The molecule has 0 fully saturated rings. The molecule has 0 atom stereocenters. The number of thiazole rings is 1. The Morgan fingerprint density at radius 3 is 2.86 bits per heavy atom. The van der Waals surface area contributed by atoms with Crippen molar-refractivity contribution < 1.29 is 19.1 Å². The SMILES string of the molecule is O=C(NCCc1nccs1)Nc1ccc(F)cc1C(=O)O. The number of amides is 2. The van der Waals surface area contributed by atoms with Crippen LogP contribution in [-0.4, -0.2) is 28.6 Å². The maximum Gasteiger partial charge on any atom is 0.337 e. The molecule has 0 saturated carbocycles. The highest BCUT2D eigenvalue weighted by atomic mass is 32.1. The summed E-state index contributed by atoms with van der Waals surface area (Å²) >= 11 is 1.48. The van der Waals surface area contributed by atoms with Crippen LogP contribution in [-0.2, 0) is 6.42 Å². The molecule has 1 aromatic heterocycles. The lowest BCUT2D eigenvalue weighted by molar-refractivity contribution is 0.0697. The minimum Gasteiger partial charge on any atom is -0.478 e. The van der Waals surface area contributed by atoms with E-state index in [4.69, 9.17) is 5.11 Å². The maximum absolute atomic E-state index is 13.0. The van der Waals surface area contributed by atoms with E-state index in [-0.39, 0.29) is 11.3 Å². The first-order valence-electron chi connectivity index (χ1n) is 6.02. The zero-order chi connectivity index (χ0) is 15.2. The summed E-state index contributed by atoms with van der Waals surface area (Å²) in [5, 5.41) is 16.7. The Bertz CT molecular complexity index is 646. The number of carbonyl (C=O) groups is 2. The van der Waals surface area contributed by atoms with Gasteiger partial charge >= 0.3 is 12.0 Å². The lowest BCUT2D eigenvalue weighted by Crippen LogP contribution is -2.31. The van der Waals surface area contributed by atoms with Crippen LogP contribution in [0.3, 0.4) is 0 Å². The Kier molecular flexibility index (Phi) is 4.83. The van der Waals surface area contributed by atoms with Gasteiger partial charge in [0.15, 0.2) is 0 Å². The van der Waals surface area contributed by atoms with E-state index in [1.54, 1.807) is 6.20 Å². The van der Waals surface area contributed by atoms with E-state index < -0.39 is 17.8 Å². The standard InChI is InChI=1S/C13H12FN3O3S/c14-8-1-2-10(9(7-8)12(18)19)17-13(20)16-4-3-11-15-5-6-21-11/h1-2,5-7H,3-4H2,(H,18,19)(H2,16,17,20). The van der Waals surface area contributed by atoms with Gasteiger partial charge in [0, 0.05) is 24.5 Å². The first-order valence-corrected chi connectivity index (χ1v) is 6.90. The summed E-state index contributed by atoms with van der Waals surface area (Å²) in [5.41, 5.74) is -0.263. The van der Waals surface area contributed by atoms with Crippen molar-refractivity contribution in [2.24, 2.45) is 0 Å². The molecule has 1 aromatic carbocycles. The van der Waals surface area contributed by atoms with Crippen LogP contribution in [0.25, 0.3) is 0 Å². The Morgan fingerprint density at radius 1 is 1.38 bits per heavy atom. The predicted octanol–water partition coefficient (Wildman–Crippen LogP) is 2.34. The largest absolute Gasteiger partial charge is 0.478 e. The van der Waals surface area contributed by atoms with Crippen LogP contribution in [0.5, 0.6) is 0 Å². The summed E-state index contributed by atoms with van der Waals surface area (Å²) in [4.78, 5) is 26.7. The Balaban J connectivity index is 1.92. The van der Waals surface area contributed by atoms with Crippen LogP contribution >= 0.6 is 11.3 Å². The minimum atomic E-state index is -1.31. The fraction of sp³-hybridized carbons (Fsp3) is 0.154. The van der Waals surface area contributed by atoms with Gasteiger partial charge < -0.3 is 15.7 Å². The van der Waals surface area contributed by atoms with Gasteiger partial charge in [0.25, 0.3) is 0 Å². The topological polar surface area (TPSA) is 91.3 Å². The smallest absolute Gasteiger partial charge is 0.337 e. The molecule has 21 heavy (non-hydrogen) atoms. The van der Waals surface area contributed by atoms with E-state index in [1.807, 2.05) is 5.38 Å². The zero-order valence-electron chi connectivity index (χ0n) is 10.8. The molecule has 0 unspecified atom stereocenters. The van der Waals surface area contributed by atoms with E-state index in [9.17, 15) is 14.0 Å². The van der Waals surface area contributed by atoms with Crippen molar-refractivity contribution in [2.45, 2.75) is 6.42 Å². The second-order valence-electron chi connectivity index (χ2n) is 4.05. The lowest BCUT2D eigenvalue weighted by atomic mass is 10.2. The molecule has 3 N–H and O–H groups in total. The van der Waals surface area contributed by atoms with E-state index in [0.717, 1.165) is 17.1 Å². The number of carboxylic acids is 1. The molecule has 0 aliphatic heterocycles. The second kappa shape index (κ2) is 6.80. The number of carboxylic acid groups (broad SMARTS) is 1. The molecule has 0 radical (unpaired) electrons. The average Bonchev–Trinajstić information content (AvgIpc) is 2.94. The molecule has 0 bridgehead atoms. The molecular formula is C13H12FN3O3S. The summed E-state index contributed by atoms with van der Waals surface area (Å²) < 4.78 is 13.0. The van der Waals surface area contributed by atoms with Crippen molar-refractivity contribution in [3.63, 3.8) is 0 Å². The first-order chi connectivity index (χ1) is 10.1. The molecule has 6 nitrogen and oxygen atoms in total. The Hall–Kier alpha value is -2.48. The third kappa shape index (κ3) is 4.25. The van der Waals surface area contributed by atoms with Crippen molar-refractivity contribution in [1.82, 2.24) is 10.3 Å². The average molecular weight is 309 g/mol. The third-order valence-electron chi connectivity index (χ3n) is 2.57. The van der Waals surface area contributed by atoms with Gasteiger partial charge in [-0.15, -0.1) is 11.3 Å². The Morgan fingerprint density at radius 2 is 2.19 bits per heavy atom. The normalized spacial score (nSPS) is 10.1. The van der Waals surface area contributed by atoms with E-state index in [1.165, 1.54) is 17.4 Å². The van der Waals surface area contributed by atoms with Gasteiger partial charge in [-0.2, -0.15) is 0 Å². The highest BCUT2D eigenvalue weighted by Gasteiger charge is 2.13. The van der Waals surface area contributed by atoms with Gasteiger partial charge in [-0.3, -0.25) is 0 Å². The van der Waals surface area contributed by atoms with Crippen LogP contribution in [0.15, 0.2) is 29.8 Å². The van der Waals surface area contributed by atoms with E-state index in [0.29, 0.717) is 13.0 Å². The fourth-order valence-corrected chi connectivity index (χ4v) is 2.25. The van der Waals surface area contributed by atoms with Gasteiger partial charge in [0.1, 0.15) is 5.82 Å². The number of aromatic nitrogens is 1. The highest BCUT2D eigenvalue weighted by molar-refractivity contribution is 7.09. The van der Waals surface area contributed by atoms with E-state index >= 15 is 0 Å². The Labute approximate surface area is 123 Å². The third-order valence-corrected chi connectivity index (χ3v) is 3.41. The molecule has 0 aliphatic rings.